The standard InChI is InChI=1S/C10H8ClF3O2S/c11-6-1-3-7(4-2-6)17-5-8(9(15)16)10(12,13)14/h1-4,8H,5H2,(H,15,16). The molecule has 0 spiro atoms. The van der Waals surface area contributed by atoms with E-state index in [4.69, 9.17) is 16.7 Å². The maximum Gasteiger partial charge on any atom is 0.403 e. The molecule has 1 aromatic rings. The Kier molecular flexibility index (Phi) is 4.70. The number of alkyl halides is 3. The molecule has 0 aliphatic heterocycles. The molecule has 1 N–H and O–H groups in total. The van der Waals surface area contributed by atoms with Crippen LogP contribution in [0.1, 0.15) is 0 Å². The third-order valence-corrected chi connectivity index (χ3v) is 3.28. The summed E-state index contributed by atoms with van der Waals surface area (Å²) in [6.07, 6.45) is -4.73. The minimum Gasteiger partial charge on any atom is -0.481 e. The number of carbonyl (C=O) groups is 1. The predicted octanol–water partition coefficient (Wildman–Crippen LogP) is 3.70. The maximum atomic E-state index is 12.3. The molecule has 0 heterocycles. The van der Waals surface area contributed by atoms with Crippen molar-refractivity contribution in [1.29, 1.82) is 0 Å². The topological polar surface area (TPSA) is 37.3 Å². The van der Waals surface area contributed by atoms with Crippen LogP contribution in [0, 0.1) is 5.92 Å². The Morgan fingerprint density at radius 3 is 2.29 bits per heavy atom. The Balaban J connectivity index is 2.65. The van der Waals surface area contributed by atoms with Crippen molar-refractivity contribution in [2.75, 3.05) is 5.75 Å². The first-order chi connectivity index (χ1) is 7.80. The monoisotopic (exact) mass is 284 g/mol. The van der Waals surface area contributed by atoms with E-state index in [0.29, 0.717) is 9.92 Å². The summed E-state index contributed by atoms with van der Waals surface area (Å²) in [6.45, 7) is 0. The second kappa shape index (κ2) is 5.64. The van der Waals surface area contributed by atoms with Crippen LogP contribution in [-0.2, 0) is 4.79 Å². The number of benzene rings is 1. The zero-order valence-corrected chi connectivity index (χ0v) is 9.94. The van der Waals surface area contributed by atoms with Crippen LogP contribution in [0.3, 0.4) is 0 Å². The lowest BCUT2D eigenvalue weighted by atomic mass is 10.2. The lowest BCUT2D eigenvalue weighted by Gasteiger charge is -2.15. The summed E-state index contributed by atoms with van der Waals surface area (Å²) in [5.41, 5.74) is 0. The van der Waals surface area contributed by atoms with E-state index in [9.17, 15) is 18.0 Å². The van der Waals surface area contributed by atoms with Crippen LogP contribution in [0.25, 0.3) is 0 Å². The number of carboxylic acid groups (broad SMARTS) is 1. The Labute approximate surface area is 105 Å². The third kappa shape index (κ3) is 4.47. The van der Waals surface area contributed by atoms with Gasteiger partial charge in [-0.25, -0.2) is 0 Å². The Morgan fingerprint density at radius 1 is 1.35 bits per heavy atom. The number of aliphatic carboxylic acids is 1. The van der Waals surface area contributed by atoms with E-state index in [0.717, 1.165) is 11.8 Å². The molecule has 2 nitrogen and oxygen atoms in total. The minimum atomic E-state index is -4.73. The van der Waals surface area contributed by atoms with Crippen molar-refractivity contribution in [3.8, 4) is 0 Å². The number of rotatable bonds is 4. The van der Waals surface area contributed by atoms with Gasteiger partial charge in [-0.1, -0.05) is 11.6 Å². The fraction of sp³-hybridized carbons (Fsp3) is 0.300. The Bertz CT molecular complexity index is 392. The zero-order valence-electron chi connectivity index (χ0n) is 8.37. The summed E-state index contributed by atoms with van der Waals surface area (Å²) in [7, 11) is 0. The highest BCUT2D eigenvalue weighted by molar-refractivity contribution is 7.99. The van der Waals surface area contributed by atoms with E-state index in [-0.39, 0.29) is 0 Å². The molecule has 1 unspecified atom stereocenters. The second-order valence-electron chi connectivity index (χ2n) is 3.20. The van der Waals surface area contributed by atoms with Gasteiger partial charge in [0.05, 0.1) is 0 Å². The average molecular weight is 285 g/mol. The summed E-state index contributed by atoms with van der Waals surface area (Å²) in [4.78, 5) is 11.0. The van der Waals surface area contributed by atoms with Gasteiger partial charge >= 0.3 is 12.1 Å². The number of carboxylic acids is 1. The summed E-state index contributed by atoms with van der Waals surface area (Å²) < 4.78 is 37.0. The van der Waals surface area contributed by atoms with Crippen LogP contribution in [0.15, 0.2) is 29.2 Å². The van der Waals surface area contributed by atoms with Crippen LogP contribution in [0.4, 0.5) is 13.2 Å². The molecule has 0 saturated heterocycles. The Hall–Kier alpha value is -0.880. The molecular weight excluding hydrogens is 277 g/mol. The van der Waals surface area contributed by atoms with Gasteiger partial charge in [-0.3, -0.25) is 4.79 Å². The van der Waals surface area contributed by atoms with Crippen LogP contribution >= 0.6 is 23.4 Å². The van der Waals surface area contributed by atoms with Gasteiger partial charge in [-0.15, -0.1) is 11.8 Å². The molecule has 0 radical (unpaired) electrons. The molecule has 1 rings (SSSR count). The van der Waals surface area contributed by atoms with Gasteiger partial charge in [-0.05, 0) is 24.3 Å². The van der Waals surface area contributed by atoms with E-state index < -0.39 is 23.8 Å². The fourth-order valence-corrected chi connectivity index (χ4v) is 2.16. The number of thioether (sulfide) groups is 1. The van der Waals surface area contributed by atoms with Gasteiger partial charge < -0.3 is 5.11 Å². The minimum absolute atomic E-state index is 0.472. The van der Waals surface area contributed by atoms with Crippen LogP contribution < -0.4 is 0 Å². The van der Waals surface area contributed by atoms with Crippen molar-refractivity contribution in [2.45, 2.75) is 11.1 Å². The molecule has 7 heteroatoms. The Morgan fingerprint density at radius 2 is 1.88 bits per heavy atom. The first kappa shape index (κ1) is 14.2. The summed E-state index contributed by atoms with van der Waals surface area (Å²) >= 11 is 6.45. The summed E-state index contributed by atoms with van der Waals surface area (Å²) in [5, 5.41) is 8.95. The molecule has 0 bridgehead atoms. The van der Waals surface area contributed by atoms with Gasteiger partial charge in [0.15, 0.2) is 5.92 Å². The summed E-state index contributed by atoms with van der Waals surface area (Å²) in [5.74, 6) is -4.78. The highest BCUT2D eigenvalue weighted by Gasteiger charge is 2.44. The largest absolute Gasteiger partial charge is 0.481 e. The molecule has 17 heavy (non-hydrogen) atoms. The van der Waals surface area contributed by atoms with Gasteiger partial charge in [0, 0.05) is 15.7 Å². The molecule has 0 saturated carbocycles. The highest BCUT2D eigenvalue weighted by atomic mass is 35.5. The van der Waals surface area contributed by atoms with Gasteiger partial charge in [0.1, 0.15) is 0 Å². The van der Waals surface area contributed by atoms with Crippen molar-refractivity contribution in [2.24, 2.45) is 5.92 Å². The fourth-order valence-electron chi connectivity index (χ4n) is 1.02. The van der Waals surface area contributed by atoms with Crippen LogP contribution in [-0.4, -0.2) is 23.0 Å². The predicted molar refractivity (Wildman–Crippen MR) is 59.4 cm³/mol. The SMILES string of the molecule is O=C(O)C(CSc1ccc(Cl)cc1)C(F)(F)F. The lowest BCUT2D eigenvalue weighted by molar-refractivity contribution is -0.188. The van der Waals surface area contributed by atoms with E-state index in [2.05, 4.69) is 0 Å². The van der Waals surface area contributed by atoms with Gasteiger partial charge in [0.2, 0.25) is 0 Å². The first-order valence-corrected chi connectivity index (χ1v) is 5.85. The third-order valence-electron chi connectivity index (χ3n) is 1.92. The molecule has 1 aromatic carbocycles. The van der Waals surface area contributed by atoms with Crippen molar-refractivity contribution in [1.82, 2.24) is 0 Å². The van der Waals surface area contributed by atoms with E-state index >= 15 is 0 Å². The van der Waals surface area contributed by atoms with Gasteiger partial charge in [-0.2, -0.15) is 13.2 Å². The summed E-state index contributed by atoms with van der Waals surface area (Å²) in [6, 6.07) is 6.16. The number of hydrogen-bond donors (Lipinski definition) is 1. The molecule has 94 valence electrons. The number of halogens is 4. The van der Waals surface area contributed by atoms with Gasteiger partial charge in [0.25, 0.3) is 0 Å². The smallest absolute Gasteiger partial charge is 0.403 e. The van der Waals surface area contributed by atoms with Crippen LogP contribution in [0.2, 0.25) is 5.02 Å². The zero-order chi connectivity index (χ0) is 13.1. The van der Waals surface area contributed by atoms with Crippen molar-refractivity contribution in [3.63, 3.8) is 0 Å². The molecule has 0 aromatic heterocycles. The van der Waals surface area contributed by atoms with E-state index in [1.165, 1.54) is 12.1 Å². The molecular formula is C10H8ClF3O2S. The normalized spacial score (nSPS) is 13.4. The maximum absolute atomic E-state index is 12.3. The molecule has 0 aliphatic rings. The molecule has 0 fully saturated rings. The molecule has 0 amide bonds. The average Bonchev–Trinajstić information content (AvgIpc) is 2.18. The quantitative estimate of drug-likeness (QED) is 0.857. The van der Waals surface area contributed by atoms with Crippen molar-refractivity contribution >= 4 is 29.3 Å². The molecule has 1 atom stereocenters. The van der Waals surface area contributed by atoms with E-state index in [1.807, 2.05) is 0 Å². The molecule has 0 aliphatic carbocycles. The highest BCUT2D eigenvalue weighted by Crippen LogP contribution is 2.32. The lowest BCUT2D eigenvalue weighted by Crippen LogP contribution is -2.32. The van der Waals surface area contributed by atoms with Crippen molar-refractivity contribution < 1.29 is 23.1 Å². The van der Waals surface area contributed by atoms with Crippen LogP contribution in [0.5, 0.6) is 0 Å². The van der Waals surface area contributed by atoms with E-state index in [1.54, 1.807) is 12.1 Å². The number of hydrogen-bond acceptors (Lipinski definition) is 2. The van der Waals surface area contributed by atoms with Crippen molar-refractivity contribution in [3.05, 3.63) is 29.3 Å². The second-order valence-corrected chi connectivity index (χ2v) is 4.73. The first-order valence-electron chi connectivity index (χ1n) is 4.48.